The predicted molar refractivity (Wildman–Crippen MR) is 173 cm³/mol. The number of esters is 2. The Labute approximate surface area is 257 Å². The molecular weight excluding hydrogens is 595 g/mol. The molecule has 0 radical (unpaired) electrons. The summed E-state index contributed by atoms with van der Waals surface area (Å²) in [7, 11) is -2.50. The molecule has 0 aliphatic rings. The van der Waals surface area contributed by atoms with Crippen LogP contribution in [0, 0.1) is 0 Å². The third-order valence-electron chi connectivity index (χ3n) is 7.57. The molecule has 0 aliphatic heterocycles. The molecule has 0 unspecified atom stereocenters. The second-order valence-electron chi connectivity index (χ2n) is 10.1. The van der Waals surface area contributed by atoms with Crippen molar-refractivity contribution in [1.82, 2.24) is 0 Å². The van der Waals surface area contributed by atoms with Crippen LogP contribution in [0.25, 0.3) is 0 Å². The normalized spacial score (nSPS) is 12.5. The van der Waals surface area contributed by atoms with Crippen molar-refractivity contribution < 1.29 is 31.5 Å². The summed E-state index contributed by atoms with van der Waals surface area (Å²) in [6.07, 6.45) is 0.175. The predicted octanol–water partition coefficient (Wildman–Crippen LogP) is 5.61. The molecule has 5 aromatic rings. The monoisotopic (exact) mass is 626 g/mol. The van der Waals surface area contributed by atoms with Gasteiger partial charge in [0, 0.05) is 0 Å². The molecule has 0 atom stereocenters. The third-order valence-corrected chi connectivity index (χ3v) is 15.7. The summed E-state index contributed by atoms with van der Waals surface area (Å²) >= 11 is 0. The second kappa shape index (κ2) is 12.5. The van der Waals surface area contributed by atoms with Gasteiger partial charge in [-0.2, -0.15) is 0 Å². The first kappa shape index (κ1) is 30.8. The zero-order valence-electron chi connectivity index (χ0n) is 24.2. The number of carbonyl (C=O) groups excluding carboxylic acids is 2. The summed E-state index contributed by atoms with van der Waals surface area (Å²) in [5.41, 5.74) is 0.504. The number of hydrogen-bond acceptors (Lipinski definition) is 7. The molecule has 44 heavy (non-hydrogen) atoms. The first-order chi connectivity index (χ1) is 21.2. The summed E-state index contributed by atoms with van der Waals surface area (Å²) in [6, 6.07) is 41.1. The van der Waals surface area contributed by atoms with Gasteiger partial charge in [-0.25, -0.2) is 0 Å². The van der Waals surface area contributed by atoms with Crippen molar-refractivity contribution in [3.63, 3.8) is 0 Å². The summed E-state index contributed by atoms with van der Waals surface area (Å²) in [5.74, 6) is -1.67. The van der Waals surface area contributed by atoms with Crippen LogP contribution < -0.4 is 15.9 Å². The fourth-order valence-corrected chi connectivity index (χ4v) is 14.3. The van der Waals surface area contributed by atoms with Crippen LogP contribution in [-0.4, -0.2) is 34.6 Å². The fraction of sp³-hybridized carbons (Fsp3) is 0.0857. The van der Waals surface area contributed by atoms with Gasteiger partial charge in [-0.05, 0) is 0 Å². The van der Waals surface area contributed by atoms with Crippen molar-refractivity contribution in [2.45, 2.75) is 11.1 Å². The van der Waals surface area contributed by atoms with Gasteiger partial charge in [0.15, 0.2) is 0 Å². The van der Waals surface area contributed by atoms with Crippen LogP contribution in [0.4, 0.5) is 0 Å². The number of benzene rings is 5. The quantitative estimate of drug-likeness (QED) is 0.147. The molecule has 0 N–H and O–H groups in total. The van der Waals surface area contributed by atoms with Crippen LogP contribution in [0.3, 0.4) is 0 Å². The molecule has 0 bridgehead atoms. The Morgan fingerprint density at radius 1 is 0.591 bits per heavy atom. The van der Waals surface area contributed by atoms with E-state index in [1.807, 2.05) is 121 Å². The summed E-state index contributed by atoms with van der Waals surface area (Å²) in [6.45, 7) is -4.55. The Balaban J connectivity index is 1.94. The topological polar surface area (TPSA) is 96.0 Å². The van der Waals surface area contributed by atoms with Crippen LogP contribution in [-0.2, 0) is 29.7 Å². The molecule has 0 aliphatic carbocycles. The van der Waals surface area contributed by atoms with Crippen LogP contribution >= 0.6 is 6.83 Å². The van der Waals surface area contributed by atoms with Crippen LogP contribution in [0.1, 0.15) is 26.3 Å². The molecule has 5 aromatic carbocycles. The van der Waals surface area contributed by atoms with Crippen molar-refractivity contribution in [1.29, 1.82) is 0 Å². The van der Waals surface area contributed by atoms with E-state index in [1.54, 1.807) is 0 Å². The number of methoxy groups -OCH3 is 2. The molecule has 0 spiro atoms. The van der Waals surface area contributed by atoms with Gasteiger partial charge in [-0.3, -0.25) is 0 Å². The summed E-state index contributed by atoms with van der Waals surface area (Å²) in [5, 5.41) is 1.98. The van der Waals surface area contributed by atoms with E-state index in [2.05, 4.69) is 0 Å². The number of hydrogen-bond donors (Lipinski definition) is 0. The van der Waals surface area contributed by atoms with Gasteiger partial charge in [0.05, 0.1) is 0 Å². The molecule has 0 saturated carbocycles. The van der Waals surface area contributed by atoms with E-state index < -0.39 is 33.8 Å². The molecule has 0 amide bonds. The number of carbonyl (C=O) groups is 2. The Morgan fingerprint density at radius 2 is 1.02 bits per heavy atom. The summed E-state index contributed by atoms with van der Waals surface area (Å²) < 4.78 is 46.5. The molecule has 5 rings (SSSR count). The molecule has 0 fully saturated rings. The number of ether oxygens (including phenoxy) is 2. The number of rotatable bonds is 10. The van der Waals surface area contributed by atoms with Gasteiger partial charge in [0.1, 0.15) is 0 Å². The second-order valence-corrected chi connectivity index (χ2v) is 16.3. The average Bonchev–Trinajstić information content (AvgIpc) is 3.08. The molecule has 0 heterocycles. The SMILES string of the molecule is COC(=O)c1ccc(C(=O)OC)c(S(=O)(=O)OP(Cc2ccccc2)(c2ccccc2)(c2ccccc2)c2ccccc2)c1. The molecule has 0 aromatic heterocycles. The van der Waals surface area contributed by atoms with E-state index in [4.69, 9.17) is 13.4 Å². The van der Waals surface area contributed by atoms with Crippen molar-refractivity contribution >= 4 is 44.8 Å². The fourth-order valence-electron chi connectivity index (χ4n) is 5.55. The molecule has 9 heteroatoms. The van der Waals surface area contributed by atoms with E-state index in [1.165, 1.54) is 19.2 Å². The van der Waals surface area contributed by atoms with Crippen molar-refractivity contribution in [2.75, 3.05) is 14.2 Å². The Hall–Kier alpha value is -4.62. The van der Waals surface area contributed by atoms with Crippen LogP contribution in [0.2, 0.25) is 0 Å². The van der Waals surface area contributed by atoms with E-state index >= 15 is 0 Å². The molecule has 224 valence electrons. The molecule has 0 saturated heterocycles. The van der Waals surface area contributed by atoms with E-state index in [0.717, 1.165) is 18.7 Å². The van der Waals surface area contributed by atoms with Gasteiger partial charge in [-0.1, -0.05) is 0 Å². The zero-order valence-corrected chi connectivity index (χ0v) is 25.9. The minimum atomic E-state index is -4.84. The van der Waals surface area contributed by atoms with Crippen molar-refractivity contribution in [3.05, 3.63) is 156 Å². The Kier molecular flexibility index (Phi) is 8.79. The third kappa shape index (κ3) is 5.44. The standard InChI is InChI=1S/C35H31O7PS/c1-40-34(36)28-23-24-32(35(37)41-2)33(25-28)44(38,39)42-43(29-17-9-4-10-18-29,30-19-11-5-12-20-30,31-21-13-6-14-22-31)26-27-15-7-3-8-16-27/h3-25H,26H2,1-2H3. The average molecular weight is 627 g/mol. The van der Waals surface area contributed by atoms with Crippen molar-refractivity contribution in [2.24, 2.45) is 0 Å². The summed E-state index contributed by atoms with van der Waals surface area (Å²) in [4.78, 5) is 25.0. The maximum atomic E-state index is 14.9. The first-order valence-electron chi connectivity index (χ1n) is 13.7. The zero-order chi connectivity index (χ0) is 31.2. The van der Waals surface area contributed by atoms with Gasteiger partial charge in [0.2, 0.25) is 0 Å². The van der Waals surface area contributed by atoms with Crippen molar-refractivity contribution in [3.8, 4) is 0 Å². The van der Waals surface area contributed by atoms with Gasteiger partial charge >= 0.3 is 258 Å². The maximum absolute atomic E-state index is 14.9. The van der Waals surface area contributed by atoms with Gasteiger partial charge in [0.25, 0.3) is 0 Å². The van der Waals surface area contributed by atoms with Crippen LogP contribution in [0.15, 0.2) is 144 Å². The van der Waals surface area contributed by atoms with Gasteiger partial charge < -0.3 is 0 Å². The Bertz CT molecular complexity index is 1780. The van der Waals surface area contributed by atoms with E-state index in [-0.39, 0.29) is 17.3 Å². The van der Waals surface area contributed by atoms with Crippen LogP contribution in [0.5, 0.6) is 0 Å². The molecule has 7 nitrogen and oxygen atoms in total. The van der Waals surface area contributed by atoms with E-state index in [0.29, 0.717) is 15.9 Å². The molecular formula is C35H31O7PS. The minimum absolute atomic E-state index is 0.0650. The van der Waals surface area contributed by atoms with E-state index in [9.17, 15) is 18.0 Å². The Morgan fingerprint density at radius 3 is 1.45 bits per heavy atom. The first-order valence-corrected chi connectivity index (χ1v) is 17.5. The van der Waals surface area contributed by atoms with Gasteiger partial charge in [-0.15, -0.1) is 0 Å².